The van der Waals surface area contributed by atoms with Gasteiger partial charge in [-0.1, -0.05) is 54.6 Å². The van der Waals surface area contributed by atoms with Crippen LogP contribution >= 0.6 is 8.25 Å². The van der Waals surface area contributed by atoms with Crippen molar-refractivity contribution in [2.24, 2.45) is 0 Å². The van der Waals surface area contributed by atoms with E-state index >= 15 is 0 Å². The van der Waals surface area contributed by atoms with E-state index in [-0.39, 0.29) is 12.4 Å². The number of nitrogens with zero attached hydrogens (tertiary/aromatic N) is 4. The number of nitrogen functional groups attached to an aromatic ring is 1. The van der Waals surface area contributed by atoms with Crippen LogP contribution in [0.15, 0.2) is 91.5 Å². The molecule has 5 aromatic rings. The first kappa shape index (κ1) is 30.5. The van der Waals surface area contributed by atoms with Crippen molar-refractivity contribution in [1.82, 2.24) is 19.5 Å². The maximum absolute atomic E-state index is 11.9. The van der Waals surface area contributed by atoms with Crippen LogP contribution in [0.1, 0.15) is 22.9 Å². The number of hydrogen-bond acceptors (Lipinski definition) is 11. The van der Waals surface area contributed by atoms with E-state index in [1.54, 1.807) is 14.2 Å². The molecule has 0 saturated carbocycles. The number of anilines is 1. The molecule has 1 aliphatic rings. The number of imidazole rings is 1. The standard InChI is InChI=1S/C31H30N5O8P/c1-40-22-12-8-20(9-13-22)31(19-6-4-3-5-7-19,21-10-14-23(41-2)15-11-21)42-16-24-27(44-45(38)39)26(37)30(43-24)36-18-35-25-28(32)33-17-34-29(25)36/h3-15,17-18,24,26-27,30,37H,16H2,1-2H3,(H2-,32,33,34,38,39)/p+1/t24-,26-,27-,30-/m1/s1. The highest BCUT2D eigenvalue weighted by Gasteiger charge is 2.52. The molecule has 5 atom stereocenters. The van der Waals surface area contributed by atoms with Crippen molar-refractivity contribution in [3.05, 3.63) is 108 Å². The van der Waals surface area contributed by atoms with E-state index in [4.69, 9.17) is 29.2 Å². The Hall–Kier alpha value is -4.49. The van der Waals surface area contributed by atoms with Crippen LogP contribution in [0.5, 0.6) is 11.5 Å². The lowest BCUT2D eigenvalue weighted by Crippen LogP contribution is -2.40. The summed E-state index contributed by atoms with van der Waals surface area (Å²) in [5.41, 5.74) is 7.73. The zero-order valence-electron chi connectivity index (χ0n) is 24.3. The molecule has 4 N–H and O–H groups in total. The summed E-state index contributed by atoms with van der Waals surface area (Å²) in [5.74, 6) is 1.49. The van der Waals surface area contributed by atoms with Gasteiger partial charge in [0.05, 0.1) is 27.2 Å². The van der Waals surface area contributed by atoms with Crippen molar-refractivity contribution in [3.8, 4) is 11.5 Å². The molecular formula is C31H31N5O8P+. The number of rotatable bonds is 11. The molecule has 1 fully saturated rings. The molecule has 3 heterocycles. The Kier molecular flexibility index (Phi) is 8.72. The zero-order chi connectivity index (χ0) is 31.6. The van der Waals surface area contributed by atoms with Gasteiger partial charge in [0.25, 0.3) is 0 Å². The van der Waals surface area contributed by atoms with Crippen LogP contribution in [-0.4, -0.2) is 68.7 Å². The van der Waals surface area contributed by atoms with Gasteiger partial charge in [-0.3, -0.25) is 4.57 Å². The van der Waals surface area contributed by atoms with Crippen LogP contribution < -0.4 is 15.2 Å². The Morgan fingerprint density at radius 1 is 0.911 bits per heavy atom. The van der Waals surface area contributed by atoms with Crippen molar-refractivity contribution in [2.75, 3.05) is 26.6 Å². The number of aliphatic hydroxyl groups is 1. The summed E-state index contributed by atoms with van der Waals surface area (Å²) in [6.07, 6.45) is -2.06. The number of fused-ring (bicyclic) bond motifs is 1. The maximum atomic E-state index is 11.9. The first-order valence-electron chi connectivity index (χ1n) is 13.9. The predicted molar refractivity (Wildman–Crippen MR) is 163 cm³/mol. The van der Waals surface area contributed by atoms with Crippen LogP contribution in [0, 0.1) is 0 Å². The van der Waals surface area contributed by atoms with Gasteiger partial charge in [0.15, 0.2) is 23.8 Å². The highest BCUT2D eigenvalue weighted by Crippen LogP contribution is 2.44. The van der Waals surface area contributed by atoms with Crippen molar-refractivity contribution < 1.29 is 38.0 Å². The van der Waals surface area contributed by atoms with Crippen LogP contribution in [-0.2, 0) is 24.2 Å². The second-order valence-electron chi connectivity index (χ2n) is 10.3. The lowest BCUT2D eigenvalue weighted by atomic mass is 9.80. The molecule has 0 amide bonds. The summed E-state index contributed by atoms with van der Waals surface area (Å²) in [6, 6.07) is 24.6. The zero-order valence-corrected chi connectivity index (χ0v) is 25.2. The number of benzene rings is 3. The minimum Gasteiger partial charge on any atom is -0.497 e. The fourth-order valence-corrected chi connectivity index (χ4v) is 6.12. The summed E-state index contributed by atoms with van der Waals surface area (Å²) in [5, 5.41) is 11.4. The molecule has 0 bridgehead atoms. The molecule has 14 heteroatoms. The minimum atomic E-state index is -3.11. The quantitative estimate of drug-likeness (QED) is 0.142. The van der Waals surface area contributed by atoms with Gasteiger partial charge in [-0.25, -0.2) is 15.0 Å². The number of aliphatic hydroxyl groups excluding tert-OH is 1. The Morgan fingerprint density at radius 2 is 1.51 bits per heavy atom. The fourth-order valence-electron chi connectivity index (χ4n) is 5.66. The van der Waals surface area contributed by atoms with Gasteiger partial charge in [-0.05, 0) is 41.0 Å². The Bertz CT molecular complexity index is 1720. The molecule has 1 aliphatic heterocycles. The molecule has 45 heavy (non-hydrogen) atoms. The van der Waals surface area contributed by atoms with Gasteiger partial charge in [0.1, 0.15) is 41.2 Å². The maximum Gasteiger partial charge on any atom is 0.695 e. The molecule has 232 valence electrons. The van der Waals surface area contributed by atoms with Crippen LogP contribution in [0.3, 0.4) is 0 Å². The molecule has 2 aromatic heterocycles. The smallest absolute Gasteiger partial charge is 0.497 e. The Morgan fingerprint density at radius 3 is 2.09 bits per heavy atom. The van der Waals surface area contributed by atoms with E-state index in [9.17, 15) is 14.6 Å². The third kappa shape index (κ3) is 5.73. The van der Waals surface area contributed by atoms with E-state index in [2.05, 4.69) is 15.0 Å². The summed E-state index contributed by atoms with van der Waals surface area (Å²) in [4.78, 5) is 22.2. The largest absolute Gasteiger partial charge is 0.695 e. The molecule has 0 aliphatic carbocycles. The van der Waals surface area contributed by atoms with Gasteiger partial charge in [0, 0.05) is 4.57 Å². The fraction of sp³-hybridized carbons (Fsp3) is 0.258. The molecular weight excluding hydrogens is 601 g/mol. The molecule has 1 saturated heterocycles. The minimum absolute atomic E-state index is 0.156. The number of ether oxygens (including phenoxy) is 4. The van der Waals surface area contributed by atoms with Crippen molar-refractivity contribution in [3.63, 3.8) is 0 Å². The number of nitrogens with two attached hydrogens (primary N) is 1. The third-order valence-electron chi connectivity index (χ3n) is 7.82. The first-order valence-corrected chi connectivity index (χ1v) is 15.1. The second kappa shape index (κ2) is 12.9. The van der Waals surface area contributed by atoms with Crippen LogP contribution in [0.2, 0.25) is 0 Å². The van der Waals surface area contributed by atoms with Gasteiger partial charge < -0.3 is 29.8 Å². The summed E-state index contributed by atoms with van der Waals surface area (Å²) in [7, 11) is 0.0772. The van der Waals surface area contributed by atoms with E-state index in [1.165, 1.54) is 17.2 Å². The molecule has 0 spiro atoms. The van der Waals surface area contributed by atoms with E-state index in [1.807, 2.05) is 78.9 Å². The van der Waals surface area contributed by atoms with Crippen LogP contribution in [0.4, 0.5) is 5.82 Å². The number of hydrogen-bond donors (Lipinski definition) is 3. The van der Waals surface area contributed by atoms with Crippen LogP contribution in [0.25, 0.3) is 11.2 Å². The Labute approximate surface area is 259 Å². The van der Waals surface area contributed by atoms with Gasteiger partial charge >= 0.3 is 8.25 Å². The van der Waals surface area contributed by atoms with Gasteiger partial charge in [0.2, 0.25) is 0 Å². The lowest BCUT2D eigenvalue weighted by Gasteiger charge is -2.37. The molecule has 3 aromatic carbocycles. The molecule has 0 radical (unpaired) electrons. The topological polar surface area (TPSA) is 173 Å². The second-order valence-corrected chi connectivity index (χ2v) is 10.9. The first-order chi connectivity index (χ1) is 21.8. The lowest BCUT2D eigenvalue weighted by molar-refractivity contribution is -0.0923. The van der Waals surface area contributed by atoms with E-state index in [0.29, 0.717) is 22.7 Å². The monoisotopic (exact) mass is 632 g/mol. The molecule has 6 rings (SSSR count). The summed E-state index contributed by atoms with van der Waals surface area (Å²) >= 11 is 0. The number of aromatic nitrogens is 4. The van der Waals surface area contributed by atoms with E-state index < -0.39 is 38.4 Å². The van der Waals surface area contributed by atoms with Crippen molar-refractivity contribution in [1.29, 1.82) is 0 Å². The highest BCUT2D eigenvalue weighted by molar-refractivity contribution is 7.32. The SMILES string of the molecule is COc1ccc(C(OC[C@H]2O[C@@H](n3cnc4c(N)ncnc43)[C@H](O)[C@@H]2O[P+](=O)O)(c2ccccc2)c2ccc(OC)cc2)cc1. The van der Waals surface area contributed by atoms with Crippen molar-refractivity contribution >= 4 is 25.2 Å². The molecule has 13 nitrogen and oxygen atoms in total. The van der Waals surface area contributed by atoms with Crippen molar-refractivity contribution in [2.45, 2.75) is 30.1 Å². The van der Waals surface area contributed by atoms with E-state index in [0.717, 1.165) is 16.7 Å². The highest BCUT2D eigenvalue weighted by atomic mass is 31.1. The average molecular weight is 633 g/mol. The summed E-state index contributed by atoms with van der Waals surface area (Å²) < 4.78 is 42.8. The van der Waals surface area contributed by atoms with Gasteiger partial charge in [-0.2, -0.15) is 0 Å². The number of methoxy groups -OCH3 is 2. The Balaban J connectivity index is 1.43. The predicted octanol–water partition coefficient (Wildman–Crippen LogP) is 3.73. The normalized spacial score (nSPS) is 20.3. The third-order valence-corrected chi connectivity index (χ3v) is 8.24. The van der Waals surface area contributed by atoms with Gasteiger partial charge in [-0.15, -0.1) is 9.42 Å². The average Bonchev–Trinajstić information content (AvgIpc) is 3.63. The summed E-state index contributed by atoms with van der Waals surface area (Å²) in [6.45, 7) is -0.169. The molecule has 1 unspecified atom stereocenters.